The second kappa shape index (κ2) is 6.48. The van der Waals surface area contributed by atoms with Crippen LogP contribution in [0.1, 0.15) is 27.3 Å². The van der Waals surface area contributed by atoms with Gasteiger partial charge in [0.25, 0.3) is 5.91 Å². The summed E-state index contributed by atoms with van der Waals surface area (Å²) in [6.07, 6.45) is 0. The number of hydrogen-bond acceptors (Lipinski definition) is 2. The molecule has 1 N–H and O–H groups in total. The quantitative estimate of drug-likeness (QED) is 0.803. The van der Waals surface area contributed by atoms with Crippen LogP contribution in [-0.4, -0.2) is 15.7 Å². The van der Waals surface area contributed by atoms with Crippen LogP contribution in [0.15, 0.2) is 60.7 Å². The maximum absolute atomic E-state index is 12.3. The second-order valence-corrected chi connectivity index (χ2v) is 5.53. The van der Waals surface area contributed by atoms with Crippen LogP contribution in [0, 0.1) is 13.8 Å². The number of carbonyl (C=O) groups is 1. The summed E-state index contributed by atoms with van der Waals surface area (Å²) in [5, 5.41) is 7.35. The van der Waals surface area contributed by atoms with Crippen molar-refractivity contribution in [2.75, 3.05) is 0 Å². The van der Waals surface area contributed by atoms with Crippen molar-refractivity contribution in [1.29, 1.82) is 0 Å². The lowest BCUT2D eigenvalue weighted by molar-refractivity contribution is 0.0945. The molecule has 1 aromatic heterocycles. The Morgan fingerprint density at radius 2 is 1.74 bits per heavy atom. The Hall–Kier alpha value is -2.88. The zero-order valence-corrected chi connectivity index (χ0v) is 13.3. The van der Waals surface area contributed by atoms with Gasteiger partial charge in [0.1, 0.15) is 0 Å². The van der Waals surface area contributed by atoms with Gasteiger partial charge < -0.3 is 5.32 Å². The van der Waals surface area contributed by atoms with Crippen LogP contribution in [-0.2, 0) is 6.54 Å². The van der Waals surface area contributed by atoms with Gasteiger partial charge in [-0.05, 0) is 43.2 Å². The molecule has 4 nitrogen and oxygen atoms in total. The van der Waals surface area contributed by atoms with E-state index in [1.165, 1.54) is 5.56 Å². The molecule has 3 rings (SSSR count). The van der Waals surface area contributed by atoms with Crippen LogP contribution in [0.25, 0.3) is 5.69 Å². The highest BCUT2D eigenvalue weighted by Gasteiger charge is 2.13. The van der Waals surface area contributed by atoms with Crippen molar-refractivity contribution in [3.05, 3.63) is 83.2 Å². The minimum Gasteiger partial charge on any atom is -0.347 e. The minimum atomic E-state index is -0.161. The smallest absolute Gasteiger partial charge is 0.272 e. The van der Waals surface area contributed by atoms with E-state index in [2.05, 4.69) is 10.4 Å². The van der Waals surface area contributed by atoms with E-state index in [0.717, 1.165) is 16.9 Å². The number of para-hydroxylation sites is 1. The molecule has 0 aliphatic heterocycles. The molecule has 0 radical (unpaired) electrons. The van der Waals surface area contributed by atoms with Gasteiger partial charge in [-0.25, -0.2) is 4.68 Å². The van der Waals surface area contributed by atoms with Gasteiger partial charge in [-0.1, -0.05) is 42.5 Å². The number of benzene rings is 2. The summed E-state index contributed by atoms with van der Waals surface area (Å²) in [5.41, 5.74) is 4.58. The zero-order valence-electron chi connectivity index (χ0n) is 13.3. The van der Waals surface area contributed by atoms with Gasteiger partial charge in [0, 0.05) is 12.2 Å². The molecule has 2 aromatic carbocycles. The van der Waals surface area contributed by atoms with Crippen molar-refractivity contribution < 1.29 is 4.79 Å². The zero-order chi connectivity index (χ0) is 16.2. The Balaban J connectivity index is 1.75. The van der Waals surface area contributed by atoms with Crippen LogP contribution in [0.2, 0.25) is 0 Å². The first-order valence-electron chi connectivity index (χ1n) is 7.60. The van der Waals surface area contributed by atoms with Crippen LogP contribution < -0.4 is 5.32 Å². The van der Waals surface area contributed by atoms with Crippen LogP contribution >= 0.6 is 0 Å². The standard InChI is InChI=1S/C19H19N3O/c1-14-8-6-7-9-16(14)13-20-19(23)18-12-15(2)22(21-18)17-10-4-3-5-11-17/h3-12H,13H2,1-2H3,(H,20,23). The summed E-state index contributed by atoms with van der Waals surface area (Å²) in [5.74, 6) is -0.161. The van der Waals surface area contributed by atoms with Crippen molar-refractivity contribution in [2.24, 2.45) is 0 Å². The van der Waals surface area contributed by atoms with Crippen molar-refractivity contribution >= 4 is 5.91 Å². The maximum Gasteiger partial charge on any atom is 0.272 e. The molecule has 3 aromatic rings. The molecule has 0 spiro atoms. The average molecular weight is 305 g/mol. The second-order valence-electron chi connectivity index (χ2n) is 5.53. The lowest BCUT2D eigenvalue weighted by Crippen LogP contribution is -2.23. The Bertz CT molecular complexity index is 822. The molecule has 4 heteroatoms. The summed E-state index contributed by atoms with van der Waals surface area (Å²) in [6.45, 7) is 4.48. The number of aryl methyl sites for hydroxylation is 2. The van der Waals surface area contributed by atoms with Crippen molar-refractivity contribution in [3.63, 3.8) is 0 Å². The van der Waals surface area contributed by atoms with E-state index in [9.17, 15) is 4.79 Å². The van der Waals surface area contributed by atoms with E-state index in [-0.39, 0.29) is 5.91 Å². The molecule has 0 atom stereocenters. The molecular weight excluding hydrogens is 286 g/mol. The lowest BCUT2D eigenvalue weighted by Gasteiger charge is -2.06. The van der Waals surface area contributed by atoms with E-state index in [0.29, 0.717) is 12.2 Å². The third-order valence-electron chi connectivity index (χ3n) is 3.82. The summed E-state index contributed by atoms with van der Waals surface area (Å²) in [6, 6.07) is 19.6. The van der Waals surface area contributed by atoms with Crippen LogP contribution in [0.5, 0.6) is 0 Å². The molecular formula is C19H19N3O. The summed E-state index contributed by atoms with van der Waals surface area (Å²) >= 11 is 0. The first-order valence-corrected chi connectivity index (χ1v) is 7.60. The average Bonchev–Trinajstić information content (AvgIpc) is 2.96. The van der Waals surface area contributed by atoms with Gasteiger partial charge in [0.15, 0.2) is 5.69 Å². The summed E-state index contributed by atoms with van der Waals surface area (Å²) in [7, 11) is 0. The monoisotopic (exact) mass is 305 g/mol. The number of aromatic nitrogens is 2. The highest BCUT2D eigenvalue weighted by Crippen LogP contribution is 2.12. The molecule has 1 amide bonds. The minimum absolute atomic E-state index is 0.161. The fourth-order valence-electron chi connectivity index (χ4n) is 2.49. The van der Waals surface area contributed by atoms with Crippen molar-refractivity contribution in [2.45, 2.75) is 20.4 Å². The highest BCUT2D eigenvalue weighted by atomic mass is 16.1. The van der Waals surface area contributed by atoms with Gasteiger partial charge in [-0.2, -0.15) is 5.10 Å². The molecule has 0 aliphatic rings. The van der Waals surface area contributed by atoms with Gasteiger partial charge in [-0.15, -0.1) is 0 Å². The van der Waals surface area contributed by atoms with E-state index in [4.69, 9.17) is 0 Å². The number of nitrogens with zero attached hydrogens (tertiary/aromatic N) is 2. The molecule has 0 unspecified atom stereocenters. The molecule has 0 bridgehead atoms. The number of hydrogen-bond donors (Lipinski definition) is 1. The summed E-state index contributed by atoms with van der Waals surface area (Å²) < 4.78 is 1.78. The first-order chi connectivity index (χ1) is 11.1. The van der Waals surface area contributed by atoms with Crippen LogP contribution in [0.4, 0.5) is 0 Å². The number of carbonyl (C=O) groups excluding carboxylic acids is 1. The third kappa shape index (κ3) is 3.31. The largest absolute Gasteiger partial charge is 0.347 e. The Labute approximate surface area is 135 Å². The molecule has 1 heterocycles. The molecule has 23 heavy (non-hydrogen) atoms. The van der Waals surface area contributed by atoms with Crippen molar-refractivity contribution in [1.82, 2.24) is 15.1 Å². The summed E-state index contributed by atoms with van der Waals surface area (Å²) in [4.78, 5) is 12.3. The SMILES string of the molecule is Cc1ccccc1CNC(=O)c1cc(C)n(-c2ccccc2)n1. The predicted molar refractivity (Wildman–Crippen MR) is 90.7 cm³/mol. The van der Waals surface area contributed by atoms with E-state index >= 15 is 0 Å². The van der Waals surface area contributed by atoms with E-state index in [1.54, 1.807) is 10.7 Å². The lowest BCUT2D eigenvalue weighted by atomic mass is 10.1. The predicted octanol–water partition coefficient (Wildman–Crippen LogP) is 3.42. The third-order valence-corrected chi connectivity index (χ3v) is 3.82. The van der Waals surface area contributed by atoms with E-state index in [1.807, 2.05) is 68.4 Å². The van der Waals surface area contributed by atoms with Gasteiger partial charge >= 0.3 is 0 Å². The van der Waals surface area contributed by atoms with Crippen molar-refractivity contribution in [3.8, 4) is 5.69 Å². The molecule has 0 aliphatic carbocycles. The Morgan fingerprint density at radius 1 is 1.04 bits per heavy atom. The van der Waals surface area contributed by atoms with Gasteiger partial charge in [0.2, 0.25) is 0 Å². The normalized spacial score (nSPS) is 10.5. The van der Waals surface area contributed by atoms with Gasteiger partial charge in [-0.3, -0.25) is 4.79 Å². The fourth-order valence-corrected chi connectivity index (χ4v) is 2.49. The maximum atomic E-state index is 12.3. The topological polar surface area (TPSA) is 46.9 Å². The molecule has 0 saturated heterocycles. The Kier molecular flexibility index (Phi) is 4.24. The fraction of sp³-hybridized carbons (Fsp3) is 0.158. The van der Waals surface area contributed by atoms with Crippen LogP contribution in [0.3, 0.4) is 0 Å². The highest BCUT2D eigenvalue weighted by molar-refractivity contribution is 5.92. The molecule has 0 fully saturated rings. The number of nitrogens with one attached hydrogen (secondary N) is 1. The Morgan fingerprint density at radius 3 is 2.48 bits per heavy atom. The first kappa shape index (κ1) is 15.0. The molecule has 116 valence electrons. The number of rotatable bonds is 4. The molecule has 0 saturated carbocycles. The van der Waals surface area contributed by atoms with E-state index < -0.39 is 0 Å². The number of amides is 1. The van der Waals surface area contributed by atoms with Gasteiger partial charge in [0.05, 0.1) is 5.69 Å².